The van der Waals surface area contributed by atoms with Gasteiger partial charge in [-0.25, -0.2) is 4.79 Å². The summed E-state index contributed by atoms with van der Waals surface area (Å²) in [5.41, 5.74) is -0.446. The number of nitrogens with one attached hydrogen (secondary N) is 2. The fraction of sp³-hybridized carbons (Fsp3) is 0.941. The van der Waals surface area contributed by atoms with Crippen LogP contribution in [0.3, 0.4) is 0 Å². The lowest BCUT2D eigenvalue weighted by molar-refractivity contribution is 0.0522. The maximum atomic E-state index is 11.6. The van der Waals surface area contributed by atoms with Gasteiger partial charge in [0, 0.05) is 18.6 Å². The zero-order chi connectivity index (χ0) is 16.6. The Labute approximate surface area is 131 Å². The standard InChI is InChI=1S/C17H36N2O2/c1-12(2)9-15(10-13(3)4)19-14(5)11-18-16(20)21-17(6,7)8/h12-15,19H,9-11H2,1-8H3,(H,18,20). The Hall–Kier alpha value is -0.770. The molecular formula is C17H36N2O2. The molecule has 0 aliphatic heterocycles. The molecule has 0 radical (unpaired) electrons. The van der Waals surface area contributed by atoms with Crippen molar-refractivity contribution < 1.29 is 9.53 Å². The number of rotatable bonds is 8. The summed E-state index contributed by atoms with van der Waals surface area (Å²) in [6.07, 6.45) is 1.98. The molecule has 0 spiro atoms. The molecule has 4 heteroatoms. The van der Waals surface area contributed by atoms with E-state index in [4.69, 9.17) is 4.74 Å². The van der Waals surface area contributed by atoms with E-state index in [-0.39, 0.29) is 12.1 Å². The van der Waals surface area contributed by atoms with Gasteiger partial charge in [-0.05, 0) is 52.4 Å². The van der Waals surface area contributed by atoms with Crippen molar-refractivity contribution in [3.05, 3.63) is 0 Å². The number of hydrogen-bond donors (Lipinski definition) is 2. The summed E-state index contributed by atoms with van der Waals surface area (Å²) in [6, 6.07) is 0.737. The van der Waals surface area contributed by atoms with Crippen molar-refractivity contribution in [3.8, 4) is 0 Å². The lowest BCUT2D eigenvalue weighted by atomic mass is 9.95. The highest BCUT2D eigenvalue weighted by Gasteiger charge is 2.18. The fourth-order valence-corrected chi connectivity index (χ4v) is 2.38. The molecule has 0 heterocycles. The normalized spacial score (nSPS) is 13.9. The Morgan fingerprint density at radius 2 is 1.48 bits per heavy atom. The highest BCUT2D eigenvalue weighted by Crippen LogP contribution is 2.14. The molecule has 21 heavy (non-hydrogen) atoms. The van der Waals surface area contributed by atoms with Crippen molar-refractivity contribution in [2.75, 3.05) is 6.54 Å². The monoisotopic (exact) mass is 300 g/mol. The highest BCUT2D eigenvalue weighted by atomic mass is 16.6. The molecule has 0 bridgehead atoms. The summed E-state index contributed by atoms with van der Waals surface area (Å²) in [4.78, 5) is 11.6. The van der Waals surface area contributed by atoms with E-state index in [1.165, 1.54) is 0 Å². The van der Waals surface area contributed by atoms with Crippen LogP contribution in [0, 0.1) is 11.8 Å². The van der Waals surface area contributed by atoms with Crippen LogP contribution in [0.5, 0.6) is 0 Å². The van der Waals surface area contributed by atoms with E-state index >= 15 is 0 Å². The number of carbonyl (C=O) groups excluding carboxylic acids is 1. The molecule has 1 unspecified atom stereocenters. The number of ether oxygens (including phenoxy) is 1. The summed E-state index contributed by atoms with van der Waals surface area (Å²) in [7, 11) is 0. The molecule has 0 aliphatic rings. The first-order valence-electron chi connectivity index (χ1n) is 8.22. The van der Waals surface area contributed by atoms with Crippen molar-refractivity contribution in [3.63, 3.8) is 0 Å². The second-order valence-corrected chi connectivity index (χ2v) is 7.91. The van der Waals surface area contributed by atoms with E-state index in [1.807, 2.05) is 20.8 Å². The lowest BCUT2D eigenvalue weighted by Crippen LogP contribution is -2.45. The average molecular weight is 300 g/mol. The van der Waals surface area contributed by atoms with Gasteiger partial charge in [0.25, 0.3) is 0 Å². The van der Waals surface area contributed by atoms with Gasteiger partial charge in [0.2, 0.25) is 0 Å². The molecule has 0 saturated carbocycles. The summed E-state index contributed by atoms with van der Waals surface area (Å²) in [6.45, 7) is 17.3. The zero-order valence-electron chi connectivity index (χ0n) is 15.2. The quantitative estimate of drug-likeness (QED) is 0.713. The summed E-state index contributed by atoms with van der Waals surface area (Å²) < 4.78 is 5.24. The Morgan fingerprint density at radius 1 is 1.00 bits per heavy atom. The van der Waals surface area contributed by atoms with Gasteiger partial charge in [-0.2, -0.15) is 0 Å². The minimum Gasteiger partial charge on any atom is -0.444 e. The van der Waals surface area contributed by atoms with Crippen LogP contribution in [0.1, 0.15) is 68.2 Å². The van der Waals surface area contributed by atoms with E-state index in [1.54, 1.807) is 0 Å². The molecule has 4 nitrogen and oxygen atoms in total. The predicted octanol–water partition coefficient (Wildman–Crippen LogP) is 3.95. The van der Waals surface area contributed by atoms with Gasteiger partial charge in [-0.3, -0.25) is 0 Å². The zero-order valence-corrected chi connectivity index (χ0v) is 15.2. The van der Waals surface area contributed by atoms with E-state index in [0.717, 1.165) is 12.8 Å². The van der Waals surface area contributed by atoms with Gasteiger partial charge in [0.1, 0.15) is 5.60 Å². The van der Waals surface area contributed by atoms with Gasteiger partial charge < -0.3 is 15.4 Å². The van der Waals surface area contributed by atoms with Crippen LogP contribution in [0.2, 0.25) is 0 Å². The molecule has 0 aromatic rings. The first-order chi connectivity index (χ1) is 9.49. The first kappa shape index (κ1) is 20.2. The van der Waals surface area contributed by atoms with E-state index in [0.29, 0.717) is 24.4 Å². The van der Waals surface area contributed by atoms with Crippen molar-refractivity contribution in [1.82, 2.24) is 10.6 Å². The van der Waals surface area contributed by atoms with Gasteiger partial charge in [0.05, 0.1) is 0 Å². The molecule has 0 aromatic heterocycles. The van der Waals surface area contributed by atoms with Crippen molar-refractivity contribution in [2.24, 2.45) is 11.8 Å². The topological polar surface area (TPSA) is 50.4 Å². The number of amides is 1. The Balaban J connectivity index is 4.18. The molecule has 0 saturated heterocycles. The number of alkyl carbamates (subject to hydrolysis) is 1. The minimum atomic E-state index is -0.446. The van der Waals surface area contributed by atoms with Crippen molar-refractivity contribution in [1.29, 1.82) is 0 Å². The predicted molar refractivity (Wildman–Crippen MR) is 89.5 cm³/mol. The molecule has 126 valence electrons. The highest BCUT2D eigenvalue weighted by molar-refractivity contribution is 5.67. The smallest absolute Gasteiger partial charge is 0.407 e. The second-order valence-electron chi connectivity index (χ2n) is 7.91. The molecule has 0 fully saturated rings. The maximum Gasteiger partial charge on any atom is 0.407 e. The van der Waals surface area contributed by atoms with Gasteiger partial charge >= 0.3 is 6.09 Å². The van der Waals surface area contributed by atoms with E-state index in [9.17, 15) is 4.79 Å². The van der Waals surface area contributed by atoms with Crippen molar-refractivity contribution in [2.45, 2.75) is 85.9 Å². The molecule has 2 N–H and O–H groups in total. The minimum absolute atomic E-state index is 0.236. The van der Waals surface area contributed by atoms with E-state index in [2.05, 4.69) is 45.3 Å². The summed E-state index contributed by atoms with van der Waals surface area (Å²) in [5.74, 6) is 1.35. The summed E-state index contributed by atoms with van der Waals surface area (Å²) >= 11 is 0. The second kappa shape index (κ2) is 9.29. The van der Waals surface area contributed by atoms with Crippen LogP contribution in [-0.2, 0) is 4.74 Å². The SMILES string of the molecule is CC(C)CC(CC(C)C)NC(C)CNC(=O)OC(C)(C)C. The van der Waals surface area contributed by atoms with Crippen LogP contribution in [0.25, 0.3) is 0 Å². The molecule has 1 amide bonds. The fourth-order valence-electron chi connectivity index (χ4n) is 2.38. The number of hydrogen-bond acceptors (Lipinski definition) is 3. The number of carbonyl (C=O) groups is 1. The van der Waals surface area contributed by atoms with Crippen LogP contribution < -0.4 is 10.6 Å². The molecule has 0 aliphatic carbocycles. The first-order valence-corrected chi connectivity index (χ1v) is 8.22. The molecule has 0 rings (SSSR count). The van der Waals surface area contributed by atoms with Crippen LogP contribution in [-0.4, -0.2) is 30.3 Å². The Bertz CT molecular complexity index is 286. The third kappa shape index (κ3) is 12.7. The van der Waals surface area contributed by atoms with Crippen LogP contribution in [0.4, 0.5) is 4.79 Å². The third-order valence-corrected chi connectivity index (χ3v) is 2.98. The summed E-state index contributed by atoms with van der Waals surface area (Å²) in [5, 5.41) is 6.45. The maximum absolute atomic E-state index is 11.6. The lowest BCUT2D eigenvalue weighted by Gasteiger charge is -2.27. The Kier molecular flexibility index (Phi) is 8.95. The van der Waals surface area contributed by atoms with Gasteiger partial charge in [-0.1, -0.05) is 27.7 Å². The van der Waals surface area contributed by atoms with Crippen LogP contribution >= 0.6 is 0 Å². The Morgan fingerprint density at radius 3 is 1.86 bits per heavy atom. The molecule has 0 aromatic carbocycles. The third-order valence-electron chi connectivity index (χ3n) is 2.98. The van der Waals surface area contributed by atoms with Crippen molar-refractivity contribution >= 4 is 6.09 Å². The van der Waals surface area contributed by atoms with Gasteiger partial charge in [0.15, 0.2) is 0 Å². The largest absolute Gasteiger partial charge is 0.444 e. The average Bonchev–Trinajstić information content (AvgIpc) is 2.21. The van der Waals surface area contributed by atoms with Gasteiger partial charge in [-0.15, -0.1) is 0 Å². The molecular weight excluding hydrogens is 264 g/mol. The van der Waals surface area contributed by atoms with E-state index < -0.39 is 5.60 Å². The van der Waals surface area contributed by atoms with Crippen LogP contribution in [0.15, 0.2) is 0 Å². The molecule has 1 atom stereocenters.